The minimum Gasteiger partial charge on any atom is -0.508 e. The number of hydrogen-bond donors (Lipinski definition) is 3. The molecule has 3 aromatic carbocycles. The first-order valence-corrected chi connectivity index (χ1v) is 9.60. The van der Waals surface area contributed by atoms with E-state index in [0.717, 1.165) is 11.1 Å². The molecule has 0 saturated carbocycles. The van der Waals surface area contributed by atoms with E-state index >= 15 is 0 Å². The highest BCUT2D eigenvalue weighted by molar-refractivity contribution is 6.30. The molecule has 8 heteroatoms. The molecule has 0 aromatic heterocycles. The Kier molecular flexibility index (Phi) is 7.50. The van der Waals surface area contributed by atoms with Gasteiger partial charge in [-0.25, -0.2) is 10.4 Å². The number of carbonyl (C=O) groups excluding carboxylic acids is 1. The van der Waals surface area contributed by atoms with Crippen LogP contribution >= 0.6 is 11.6 Å². The van der Waals surface area contributed by atoms with Crippen molar-refractivity contribution in [2.75, 3.05) is 6.61 Å². The van der Waals surface area contributed by atoms with Gasteiger partial charge < -0.3 is 9.84 Å². The monoisotopic (exact) mass is 434 g/mol. The van der Waals surface area contributed by atoms with Crippen LogP contribution in [0.1, 0.15) is 16.7 Å². The summed E-state index contributed by atoms with van der Waals surface area (Å²) in [5.74, 6) is 0.329. The van der Waals surface area contributed by atoms with E-state index < -0.39 is 5.91 Å². The van der Waals surface area contributed by atoms with Gasteiger partial charge in [0.2, 0.25) is 0 Å². The van der Waals surface area contributed by atoms with Crippen molar-refractivity contribution in [3.05, 3.63) is 94.5 Å². The van der Waals surface area contributed by atoms with E-state index in [0.29, 0.717) is 16.3 Å². The van der Waals surface area contributed by atoms with Crippen LogP contribution in [0.2, 0.25) is 5.02 Å². The fourth-order valence-corrected chi connectivity index (χ4v) is 2.52. The molecule has 0 spiro atoms. The van der Waals surface area contributed by atoms with Crippen LogP contribution in [0.4, 0.5) is 0 Å². The van der Waals surface area contributed by atoms with Gasteiger partial charge in [-0.1, -0.05) is 23.7 Å². The summed E-state index contributed by atoms with van der Waals surface area (Å²) in [6.07, 6.45) is 3.05. The van der Waals surface area contributed by atoms with E-state index in [2.05, 4.69) is 15.5 Å². The van der Waals surface area contributed by atoms with Crippen LogP contribution in [0, 0.1) is 5.41 Å². The number of halogens is 1. The predicted octanol–water partition coefficient (Wildman–Crippen LogP) is 4.02. The molecule has 0 unspecified atom stereocenters. The van der Waals surface area contributed by atoms with E-state index in [1.54, 1.807) is 79.0 Å². The van der Waals surface area contributed by atoms with Crippen LogP contribution in [0.3, 0.4) is 0 Å². The Labute approximate surface area is 184 Å². The largest absolute Gasteiger partial charge is 0.508 e. The van der Waals surface area contributed by atoms with Gasteiger partial charge in [0.15, 0.2) is 12.4 Å². The van der Waals surface area contributed by atoms with Crippen LogP contribution in [0.5, 0.6) is 11.5 Å². The molecule has 0 aliphatic carbocycles. The van der Waals surface area contributed by atoms with E-state index in [-0.39, 0.29) is 18.2 Å². The molecule has 31 heavy (non-hydrogen) atoms. The number of amidine groups is 1. The third-order valence-corrected chi connectivity index (χ3v) is 4.26. The molecule has 0 fully saturated rings. The number of aromatic hydroxyl groups is 1. The minimum atomic E-state index is -0.402. The van der Waals surface area contributed by atoms with Gasteiger partial charge in [0.1, 0.15) is 11.5 Å². The van der Waals surface area contributed by atoms with Crippen LogP contribution in [0.15, 0.2) is 82.9 Å². The summed E-state index contributed by atoms with van der Waals surface area (Å²) in [6.45, 7) is -0.201. The number of hydrazone groups is 1. The molecule has 0 atom stereocenters. The predicted molar refractivity (Wildman–Crippen MR) is 122 cm³/mol. The first kappa shape index (κ1) is 21.7. The highest BCUT2D eigenvalue weighted by atomic mass is 35.5. The van der Waals surface area contributed by atoms with E-state index in [4.69, 9.17) is 21.7 Å². The molecule has 3 N–H and O–H groups in total. The van der Waals surface area contributed by atoms with Gasteiger partial charge in [0.05, 0.1) is 6.21 Å². The lowest BCUT2D eigenvalue weighted by Gasteiger charge is -2.06. The summed E-state index contributed by atoms with van der Waals surface area (Å²) in [7, 11) is 0. The first-order valence-electron chi connectivity index (χ1n) is 9.22. The van der Waals surface area contributed by atoms with Gasteiger partial charge in [-0.2, -0.15) is 5.10 Å². The zero-order valence-corrected chi connectivity index (χ0v) is 17.1. The second-order valence-corrected chi connectivity index (χ2v) is 6.79. The average molecular weight is 435 g/mol. The van der Waals surface area contributed by atoms with Crippen molar-refractivity contribution < 1.29 is 14.6 Å². The van der Waals surface area contributed by atoms with Gasteiger partial charge in [-0.05, 0) is 71.8 Å². The quantitative estimate of drug-likeness (QED) is 0.297. The Hall–Kier alpha value is -3.97. The molecule has 0 heterocycles. The van der Waals surface area contributed by atoms with Gasteiger partial charge in [0, 0.05) is 16.8 Å². The summed E-state index contributed by atoms with van der Waals surface area (Å²) in [4.78, 5) is 15.9. The van der Waals surface area contributed by atoms with Crippen molar-refractivity contribution in [2.45, 2.75) is 0 Å². The van der Waals surface area contributed by atoms with Crippen molar-refractivity contribution in [1.29, 1.82) is 5.41 Å². The van der Waals surface area contributed by atoms with Crippen LogP contribution in [-0.2, 0) is 4.79 Å². The van der Waals surface area contributed by atoms with Gasteiger partial charge in [-0.3, -0.25) is 10.2 Å². The van der Waals surface area contributed by atoms with Crippen LogP contribution in [-0.4, -0.2) is 35.9 Å². The number of nitrogens with zero attached hydrogens (tertiary/aromatic N) is 2. The zero-order valence-electron chi connectivity index (χ0n) is 16.3. The fourth-order valence-electron chi connectivity index (χ4n) is 2.39. The Morgan fingerprint density at radius 2 is 1.58 bits per heavy atom. The second kappa shape index (κ2) is 10.7. The number of nitrogens with one attached hydrogen (secondary N) is 2. The fraction of sp³-hybridized carbons (Fsp3) is 0.0435. The number of ether oxygens (including phenoxy) is 1. The maximum Gasteiger partial charge on any atom is 0.277 e. The molecule has 156 valence electrons. The van der Waals surface area contributed by atoms with Gasteiger partial charge in [-0.15, -0.1) is 0 Å². The topological polar surface area (TPSA) is 107 Å². The number of carbonyl (C=O) groups is 1. The second-order valence-electron chi connectivity index (χ2n) is 6.36. The minimum absolute atomic E-state index is 0.0777. The van der Waals surface area contributed by atoms with E-state index in [9.17, 15) is 9.90 Å². The van der Waals surface area contributed by atoms with Crippen molar-refractivity contribution in [1.82, 2.24) is 5.43 Å². The number of rotatable bonds is 7. The Morgan fingerprint density at radius 1 is 0.968 bits per heavy atom. The Bertz CT molecular complexity index is 1090. The molecular formula is C23H19ClN4O3. The molecular weight excluding hydrogens is 416 g/mol. The number of aliphatic imine (C=N–C) groups is 1. The molecule has 0 aliphatic rings. The number of phenolic OH excluding ortho intramolecular Hbond substituents is 1. The van der Waals surface area contributed by atoms with Crippen molar-refractivity contribution in [3.8, 4) is 11.5 Å². The maximum atomic E-state index is 11.8. The average Bonchev–Trinajstić information content (AvgIpc) is 2.79. The number of phenols is 1. The summed E-state index contributed by atoms with van der Waals surface area (Å²) < 4.78 is 5.43. The first-order chi connectivity index (χ1) is 15.0. The smallest absolute Gasteiger partial charge is 0.277 e. The lowest BCUT2D eigenvalue weighted by molar-refractivity contribution is -0.123. The zero-order chi connectivity index (χ0) is 22.1. The van der Waals surface area contributed by atoms with Gasteiger partial charge >= 0.3 is 0 Å². The van der Waals surface area contributed by atoms with Crippen LogP contribution < -0.4 is 10.2 Å². The molecule has 0 bridgehead atoms. The van der Waals surface area contributed by atoms with Crippen LogP contribution in [0.25, 0.3) is 0 Å². The Morgan fingerprint density at radius 3 is 2.26 bits per heavy atom. The summed E-state index contributed by atoms with van der Waals surface area (Å²) in [6, 6.07) is 20.2. The maximum absolute atomic E-state index is 11.8. The molecule has 0 aliphatic heterocycles. The summed E-state index contributed by atoms with van der Waals surface area (Å²) in [5, 5.41) is 21.8. The standard InChI is InChI=1S/C23H19ClN4O3/c24-19-7-1-17(2-8-19)14-27-28-22(30)15-31-21-11-5-18(6-12-21)23(25)26-13-16-3-9-20(29)10-4-16/h1-14,25,29H,15H2,(H,28,30)/b25-23?,26-13?,27-14+. The summed E-state index contributed by atoms with van der Waals surface area (Å²) >= 11 is 5.81. The highest BCUT2D eigenvalue weighted by Gasteiger charge is 2.04. The number of hydrogen-bond acceptors (Lipinski definition) is 5. The van der Waals surface area contributed by atoms with E-state index in [1.807, 2.05) is 0 Å². The van der Waals surface area contributed by atoms with Crippen molar-refractivity contribution >= 4 is 35.8 Å². The SMILES string of the molecule is N=C(N=Cc1ccc(O)cc1)c1ccc(OCC(=O)N/N=C/c2ccc(Cl)cc2)cc1. The number of benzene rings is 3. The highest BCUT2D eigenvalue weighted by Crippen LogP contribution is 2.13. The molecule has 3 aromatic rings. The molecule has 7 nitrogen and oxygen atoms in total. The molecule has 0 radical (unpaired) electrons. The third kappa shape index (κ3) is 7.09. The normalized spacial score (nSPS) is 11.0. The van der Waals surface area contributed by atoms with Crippen molar-refractivity contribution in [3.63, 3.8) is 0 Å². The van der Waals surface area contributed by atoms with Crippen molar-refractivity contribution in [2.24, 2.45) is 10.1 Å². The van der Waals surface area contributed by atoms with Gasteiger partial charge in [0.25, 0.3) is 5.91 Å². The summed E-state index contributed by atoms with van der Waals surface area (Å²) in [5.41, 5.74) is 4.55. The number of amides is 1. The van der Waals surface area contributed by atoms with E-state index in [1.165, 1.54) is 6.21 Å². The molecule has 0 saturated heterocycles. The third-order valence-electron chi connectivity index (χ3n) is 4.01. The lowest BCUT2D eigenvalue weighted by Crippen LogP contribution is -2.24. The lowest BCUT2D eigenvalue weighted by atomic mass is 10.2. The molecule has 1 amide bonds. The Balaban J connectivity index is 1.46. The molecule has 3 rings (SSSR count).